The number of fused-ring (bicyclic) bond motifs is 1. The summed E-state index contributed by atoms with van der Waals surface area (Å²) in [4.78, 5) is 9.69. The molecular weight excluding hydrogens is 362 g/mol. The van der Waals surface area contributed by atoms with Crippen molar-refractivity contribution in [1.82, 2.24) is 9.88 Å². The number of nitrogens with zero attached hydrogens (tertiary/aromatic N) is 2. The Morgan fingerprint density at radius 2 is 1.85 bits per heavy atom. The second kappa shape index (κ2) is 8.38. The lowest BCUT2D eigenvalue weighted by atomic mass is 10.1. The summed E-state index contributed by atoms with van der Waals surface area (Å²) in [6, 6.07) is 16.9. The minimum atomic E-state index is 0.823. The Morgan fingerprint density at radius 1 is 1.00 bits per heavy atom. The molecule has 1 aliphatic rings. The lowest BCUT2D eigenvalue weighted by molar-refractivity contribution is 0.259. The number of nitrogens with one attached hydrogen (secondary N) is 1. The number of rotatable bonds is 6. The molecule has 0 radical (unpaired) electrons. The van der Waals surface area contributed by atoms with Crippen LogP contribution in [0.5, 0.6) is 0 Å². The summed E-state index contributed by atoms with van der Waals surface area (Å²) in [5.74, 6) is 1.14. The van der Waals surface area contributed by atoms with Gasteiger partial charge in [-0.25, -0.2) is 0 Å². The Morgan fingerprint density at radius 3 is 2.69 bits per heavy atom. The standard InChI is InChI=1S/C21H24ClN3S/c22-17-4-1-5-18(16-17)26-15-3-10-24-11-13-25(14-12-24)21-7-2-6-20-19(21)8-9-23-20/h1-2,4-9,16,23H,3,10-15H2. The van der Waals surface area contributed by atoms with Gasteiger partial charge in [0, 0.05) is 58.9 Å². The van der Waals surface area contributed by atoms with Gasteiger partial charge in [0.15, 0.2) is 0 Å². The zero-order valence-corrected chi connectivity index (χ0v) is 16.4. The number of aromatic nitrogens is 1. The molecule has 2 heterocycles. The number of thioether (sulfide) groups is 1. The molecule has 3 nitrogen and oxygen atoms in total. The van der Waals surface area contributed by atoms with Gasteiger partial charge in [0.25, 0.3) is 0 Å². The molecule has 0 unspecified atom stereocenters. The third kappa shape index (κ3) is 4.20. The van der Waals surface area contributed by atoms with E-state index >= 15 is 0 Å². The summed E-state index contributed by atoms with van der Waals surface area (Å²) in [6.07, 6.45) is 3.24. The molecule has 0 amide bonds. The molecule has 2 aromatic carbocycles. The van der Waals surface area contributed by atoms with Crippen molar-refractivity contribution in [3.05, 3.63) is 59.8 Å². The van der Waals surface area contributed by atoms with Crippen LogP contribution in [-0.2, 0) is 0 Å². The zero-order chi connectivity index (χ0) is 17.8. The van der Waals surface area contributed by atoms with Gasteiger partial charge in [0.2, 0.25) is 0 Å². The first kappa shape index (κ1) is 17.8. The summed E-state index contributed by atoms with van der Waals surface area (Å²) in [5, 5.41) is 2.16. The van der Waals surface area contributed by atoms with Crippen LogP contribution in [0.1, 0.15) is 6.42 Å². The lowest BCUT2D eigenvalue weighted by Gasteiger charge is -2.36. The van der Waals surface area contributed by atoms with Gasteiger partial charge < -0.3 is 9.88 Å². The van der Waals surface area contributed by atoms with Crippen LogP contribution in [0.2, 0.25) is 5.02 Å². The van der Waals surface area contributed by atoms with E-state index in [2.05, 4.69) is 45.1 Å². The summed E-state index contributed by atoms with van der Waals surface area (Å²) in [5.41, 5.74) is 2.59. The highest BCUT2D eigenvalue weighted by Crippen LogP contribution is 2.27. The maximum absolute atomic E-state index is 6.04. The molecule has 5 heteroatoms. The van der Waals surface area contributed by atoms with E-state index in [4.69, 9.17) is 11.6 Å². The minimum Gasteiger partial charge on any atom is -0.368 e. The van der Waals surface area contributed by atoms with Crippen LogP contribution < -0.4 is 4.90 Å². The van der Waals surface area contributed by atoms with Crippen LogP contribution in [0.25, 0.3) is 10.9 Å². The number of H-pyrrole nitrogens is 1. The fraction of sp³-hybridized carbons (Fsp3) is 0.333. The Bertz CT molecular complexity index is 855. The molecule has 3 aromatic rings. The van der Waals surface area contributed by atoms with E-state index in [9.17, 15) is 0 Å². The van der Waals surface area contributed by atoms with Crippen LogP contribution in [0.15, 0.2) is 59.6 Å². The number of aromatic amines is 1. The third-order valence-electron chi connectivity index (χ3n) is 4.97. The largest absolute Gasteiger partial charge is 0.368 e. The normalized spacial score (nSPS) is 15.7. The van der Waals surface area contributed by atoms with Gasteiger partial charge in [-0.2, -0.15) is 0 Å². The van der Waals surface area contributed by atoms with E-state index < -0.39 is 0 Å². The summed E-state index contributed by atoms with van der Waals surface area (Å²) in [6.45, 7) is 5.67. The molecule has 0 saturated carbocycles. The molecule has 0 atom stereocenters. The maximum Gasteiger partial charge on any atom is 0.0474 e. The number of benzene rings is 2. The van der Waals surface area contributed by atoms with Crippen molar-refractivity contribution >= 4 is 40.0 Å². The quantitative estimate of drug-likeness (QED) is 0.470. The molecule has 1 aromatic heterocycles. The first-order chi connectivity index (χ1) is 12.8. The molecule has 1 saturated heterocycles. The molecular formula is C21H24ClN3S. The Labute approximate surface area is 164 Å². The van der Waals surface area contributed by atoms with Gasteiger partial charge in [-0.3, -0.25) is 4.90 Å². The molecule has 0 spiro atoms. The average Bonchev–Trinajstić information content (AvgIpc) is 3.15. The smallest absolute Gasteiger partial charge is 0.0474 e. The van der Waals surface area contributed by atoms with Crippen molar-refractivity contribution in [2.45, 2.75) is 11.3 Å². The fourth-order valence-corrected chi connectivity index (χ4v) is 4.74. The van der Waals surface area contributed by atoms with Crippen LogP contribution >= 0.6 is 23.4 Å². The number of piperazine rings is 1. The number of halogens is 1. The van der Waals surface area contributed by atoms with Gasteiger partial charge in [-0.15, -0.1) is 11.8 Å². The first-order valence-electron chi connectivity index (χ1n) is 9.21. The summed E-state index contributed by atoms with van der Waals surface area (Å²) >= 11 is 7.94. The number of anilines is 1. The van der Waals surface area contributed by atoms with Crippen LogP contribution in [-0.4, -0.2) is 48.4 Å². The van der Waals surface area contributed by atoms with Gasteiger partial charge in [-0.1, -0.05) is 23.7 Å². The summed E-state index contributed by atoms with van der Waals surface area (Å²) < 4.78 is 0. The van der Waals surface area contributed by atoms with Crippen molar-refractivity contribution in [2.24, 2.45) is 0 Å². The Balaban J connectivity index is 1.23. The lowest BCUT2D eigenvalue weighted by Crippen LogP contribution is -2.46. The SMILES string of the molecule is Clc1cccc(SCCCN2CCN(c3cccc4[nH]ccc34)CC2)c1. The second-order valence-electron chi connectivity index (χ2n) is 6.70. The predicted octanol–water partition coefficient (Wildman–Crippen LogP) is 5.13. The minimum absolute atomic E-state index is 0.823. The van der Waals surface area contributed by atoms with Gasteiger partial charge in [-0.05, 0) is 55.1 Å². The second-order valence-corrected chi connectivity index (χ2v) is 8.31. The maximum atomic E-state index is 6.04. The van der Waals surface area contributed by atoms with Crippen molar-refractivity contribution in [3.63, 3.8) is 0 Å². The highest BCUT2D eigenvalue weighted by molar-refractivity contribution is 7.99. The van der Waals surface area contributed by atoms with Gasteiger partial charge in [0.1, 0.15) is 0 Å². The van der Waals surface area contributed by atoms with Crippen LogP contribution in [0.3, 0.4) is 0 Å². The highest BCUT2D eigenvalue weighted by Gasteiger charge is 2.18. The van der Waals surface area contributed by atoms with Crippen molar-refractivity contribution < 1.29 is 0 Å². The summed E-state index contributed by atoms with van der Waals surface area (Å²) in [7, 11) is 0. The topological polar surface area (TPSA) is 22.3 Å². The van der Waals surface area contributed by atoms with E-state index in [1.54, 1.807) is 0 Å². The number of hydrogen-bond donors (Lipinski definition) is 1. The molecule has 26 heavy (non-hydrogen) atoms. The van der Waals surface area contributed by atoms with Crippen LogP contribution in [0, 0.1) is 0 Å². The van der Waals surface area contributed by atoms with Crippen molar-refractivity contribution in [1.29, 1.82) is 0 Å². The predicted molar refractivity (Wildman–Crippen MR) is 114 cm³/mol. The first-order valence-corrected chi connectivity index (χ1v) is 10.6. The van der Waals surface area contributed by atoms with Crippen molar-refractivity contribution in [3.8, 4) is 0 Å². The molecule has 1 aliphatic heterocycles. The molecule has 0 aliphatic carbocycles. The molecule has 4 rings (SSSR count). The van der Waals surface area contributed by atoms with E-state index in [0.717, 1.165) is 37.0 Å². The fourth-order valence-electron chi connectivity index (χ4n) is 3.59. The van der Waals surface area contributed by atoms with E-state index in [-0.39, 0.29) is 0 Å². The van der Waals surface area contributed by atoms with Gasteiger partial charge in [0.05, 0.1) is 0 Å². The molecule has 0 bridgehead atoms. The highest BCUT2D eigenvalue weighted by atomic mass is 35.5. The van der Waals surface area contributed by atoms with Crippen molar-refractivity contribution in [2.75, 3.05) is 43.4 Å². The monoisotopic (exact) mass is 385 g/mol. The van der Waals surface area contributed by atoms with E-state index in [0.29, 0.717) is 0 Å². The molecule has 1 N–H and O–H groups in total. The van der Waals surface area contributed by atoms with E-state index in [1.807, 2.05) is 36.2 Å². The number of hydrogen-bond acceptors (Lipinski definition) is 3. The third-order valence-corrected chi connectivity index (χ3v) is 6.28. The Kier molecular flexibility index (Phi) is 5.73. The average molecular weight is 386 g/mol. The van der Waals surface area contributed by atoms with Gasteiger partial charge >= 0.3 is 0 Å². The molecule has 136 valence electrons. The zero-order valence-electron chi connectivity index (χ0n) is 14.8. The molecule has 1 fully saturated rings. The van der Waals surface area contributed by atoms with Crippen LogP contribution in [0.4, 0.5) is 5.69 Å². The van der Waals surface area contributed by atoms with E-state index in [1.165, 1.54) is 34.5 Å². The Hall–Kier alpha value is -1.62.